The van der Waals surface area contributed by atoms with Crippen molar-refractivity contribution in [1.29, 1.82) is 0 Å². The topological polar surface area (TPSA) is 94.0 Å². The molecule has 1 amide bonds. The molecule has 1 aromatic heterocycles. The Morgan fingerprint density at radius 2 is 1.68 bits per heavy atom. The normalized spacial score (nSPS) is 10.4. The van der Waals surface area contributed by atoms with Gasteiger partial charge in [0.2, 0.25) is 0 Å². The summed E-state index contributed by atoms with van der Waals surface area (Å²) < 4.78 is 0. The van der Waals surface area contributed by atoms with Crippen LogP contribution in [0.15, 0.2) is 54.6 Å². The van der Waals surface area contributed by atoms with E-state index in [0.717, 1.165) is 5.56 Å². The molecular weight excluding hydrogens is 296 g/mol. The van der Waals surface area contributed by atoms with E-state index < -0.39 is 0 Å². The number of nitrogens with two attached hydrogens (primary N) is 2. The first-order chi connectivity index (χ1) is 10.6. The number of aromatic nitrogens is 1. The molecule has 0 saturated heterocycles. The molecule has 5 N–H and O–H groups in total. The van der Waals surface area contributed by atoms with Crippen molar-refractivity contribution in [2.24, 2.45) is 0 Å². The first kappa shape index (κ1) is 14.1. The van der Waals surface area contributed by atoms with E-state index in [1.807, 2.05) is 30.3 Å². The molecule has 0 atom stereocenters. The number of thiazole rings is 1. The van der Waals surface area contributed by atoms with Crippen LogP contribution in [-0.4, -0.2) is 10.9 Å². The third-order valence-corrected chi connectivity index (χ3v) is 3.93. The van der Waals surface area contributed by atoms with E-state index in [4.69, 9.17) is 11.5 Å². The Kier molecular flexibility index (Phi) is 3.76. The number of amides is 1. The van der Waals surface area contributed by atoms with Gasteiger partial charge in [0, 0.05) is 11.3 Å². The van der Waals surface area contributed by atoms with Crippen LogP contribution in [0, 0.1) is 0 Å². The Morgan fingerprint density at radius 3 is 2.41 bits per heavy atom. The van der Waals surface area contributed by atoms with E-state index in [1.54, 1.807) is 24.3 Å². The highest BCUT2D eigenvalue weighted by molar-refractivity contribution is 7.20. The first-order valence-corrected chi connectivity index (χ1v) is 7.44. The van der Waals surface area contributed by atoms with E-state index >= 15 is 0 Å². The van der Waals surface area contributed by atoms with Crippen LogP contribution in [0.2, 0.25) is 0 Å². The van der Waals surface area contributed by atoms with Crippen molar-refractivity contribution >= 4 is 33.1 Å². The number of hydrogen-bond donors (Lipinski definition) is 3. The number of carbonyl (C=O) groups is 1. The predicted octanol–water partition coefficient (Wildman–Crippen LogP) is 3.23. The minimum absolute atomic E-state index is 0.300. The van der Waals surface area contributed by atoms with Crippen molar-refractivity contribution in [2.45, 2.75) is 0 Å². The van der Waals surface area contributed by atoms with E-state index in [-0.39, 0.29) is 5.91 Å². The van der Waals surface area contributed by atoms with Crippen LogP contribution in [0.5, 0.6) is 0 Å². The lowest BCUT2D eigenvalue weighted by Gasteiger charge is -2.04. The molecule has 1 heterocycles. The van der Waals surface area contributed by atoms with Gasteiger partial charge >= 0.3 is 0 Å². The summed E-state index contributed by atoms with van der Waals surface area (Å²) in [5.41, 5.74) is 14.2. The maximum atomic E-state index is 12.2. The largest absolute Gasteiger partial charge is 0.398 e. The van der Waals surface area contributed by atoms with Crippen LogP contribution in [0.4, 0.5) is 15.8 Å². The zero-order valence-corrected chi connectivity index (χ0v) is 12.4. The minimum Gasteiger partial charge on any atom is -0.398 e. The molecule has 0 saturated carbocycles. The maximum Gasteiger partial charge on any atom is 0.259 e. The van der Waals surface area contributed by atoms with Gasteiger partial charge in [-0.25, -0.2) is 4.98 Å². The molecule has 22 heavy (non-hydrogen) atoms. The van der Waals surface area contributed by atoms with Crippen molar-refractivity contribution in [3.8, 4) is 11.3 Å². The molecule has 3 aromatic rings. The maximum absolute atomic E-state index is 12.2. The summed E-state index contributed by atoms with van der Waals surface area (Å²) in [6.45, 7) is 0. The van der Waals surface area contributed by atoms with Crippen LogP contribution < -0.4 is 16.8 Å². The van der Waals surface area contributed by atoms with E-state index in [1.165, 1.54) is 11.3 Å². The van der Waals surface area contributed by atoms with Gasteiger partial charge in [0.05, 0.1) is 5.56 Å². The molecule has 0 unspecified atom stereocenters. The molecule has 0 spiro atoms. The van der Waals surface area contributed by atoms with Gasteiger partial charge in [-0.15, -0.1) is 0 Å². The molecule has 0 radical (unpaired) electrons. The number of hydrogen-bond acceptors (Lipinski definition) is 5. The summed E-state index contributed by atoms with van der Waals surface area (Å²) in [5.74, 6) is -0.300. The quantitative estimate of drug-likeness (QED) is 0.647. The van der Waals surface area contributed by atoms with Gasteiger partial charge in [-0.2, -0.15) is 0 Å². The lowest BCUT2D eigenvalue weighted by Crippen LogP contribution is -2.13. The highest BCUT2D eigenvalue weighted by Crippen LogP contribution is 2.33. The van der Waals surface area contributed by atoms with Crippen molar-refractivity contribution in [2.75, 3.05) is 16.8 Å². The Bertz CT molecular complexity index is 814. The SMILES string of the molecule is Nc1ccccc1C(=O)Nc1nc(-c2ccccc2)c(N)s1. The summed E-state index contributed by atoms with van der Waals surface area (Å²) in [4.78, 5) is 16.6. The molecule has 0 fully saturated rings. The van der Waals surface area contributed by atoms with Gasteiger partial charge in [0.1, 0.15) is 10.7 Å². The van der Waals surface area contributed by atoms with E-state index in [0.29, 0.717) is 27.1 Å². The van der Waals surface area contributed by atoms with E-state index in [9.17, 15) is 4.79 Å². The number of nitrogens with zero attached hydrogens (tertiary/aromatic N) is 1. The van der Waals surface area contributed by atoms with Gasteiger partial charge in [0.25, 0.3) is 5.91 Å². The zero-order valence-electron chi connectivity index (χ0n) is 11.6. The lowest BCUT2D eigenvalue weighted by atomic mass is 10.1. The summed E-state index contributed by atoms with van der Waals surface area (Å²) in [5, 5.41) is 3.75. The smallest absolute Gasteiger partial charge is 0.259 e. The Hall–Kier alpha value is -2.86. The van der Waals surface area contributed by atoms with E-state index in [2.05, 4.69) is 10.3 Å². The number of para-hydroxylation sites is 1. The number of carbonyl (C=O) groups excluding carboxylic acids is 1. The fraction of sp³-hybridized carbons (Fsp3) is 0. The second-order valence-electron chi connectivity index (χ2n) is 4.64. The molecule has 0 aliphatic heterocycles. The first-order valence-electron chi connectivity index (χ1n) is 6.62. The fourth-order valence-corrected chi connectivity index (χ4v) is 2.81. The second kappa shape index (κ2) is 5.87. The second-order valence-corrected chi connectivity index (χ2v) is 5.67. The summed E-state index contributed by atoms with van der Waals surface area (Å²) in [6, 6.07) is 16.5. The van der Waals surface area contributed by atoms with Crippen molar-refractivity contribution in [1.82, 2.24) is 4.98 Å². The third-order valence-electron chi connectivity index (χ3n) is 3.13. The molecule has 2 aromatic carbocycles. The number of anilines is 3. The summed E-state index contributed by atoms with van der Waals surface area (Å²) >= 11 is 1.23. The van der Waals surface area contributed by atoms with Gasteiger partial charge < -0.3 is 11.5 Å². The van der Waals surface area contributed by atoms with Gasteiger partial charge in [-0.05, 0) is 12.1 Å². The van der Waals surface area contributed by atoms with Crippen LogP contribution in [0.3, 0.4) is 0 Å². The molecule has 3 rings (SSSR count). The average molecular weight is 310 g/mol. The van der Waals surface area contributed by atoms with Crippen molar-refractivity contribution in [3.63, 3.8) is 0 Å². The van der Waals surface area contributed by atoms with Crippen LogP contribution in [0.25, 0.3) is 11.3 Å². The summed E-state index contributed by atoms with van der Waals surface area (Å²) in [7, 11) is 0. The van der Waals surface area contributed by atoms with Crippen molar-refractivity contribution < 1.29 is 4.79 Å². The van der Waals surface area contributed by atoms with Crippen LogP contribution >= 0.6 is 11.3 Å². The highest BCUT2D eigenvalue weighted by atomic mass is 32.1. The summed E-state index contributed by atoms with van der Waals surface area (Å²) in [6.07, 6.45) is 0. The lowest BCUT2D eigenvalue weighted by molar-refractivity contribution is 0.102. The molecule has 6 heteroatoms. The van der Waals surface area contributed by atoms with Gasteiger partial charge in [0.15, 0.2) is 5.13 Å². The number of nitrogen functional groups attached to an aromatic ring is 2. The Morgan fingerprint density at radius 1 is 1.00 bits per heavy atom. The number of rotatable bonds is 3. The molecule has 110 valence electrons. The molecule has 0 bridgehead atoms. The Balaban J connectivity index is 1.86. The molecule has 5 nitrogen and oxygen atoms in total. The van der Waals surface area contributed by atoms with Crippen molar-refractivity contribution in [3.05, 3.63) is 60.2 Å². The predicted molar refractivity (Wildman–Crippen MR) is 90.8 cm³/mol. The fourth-order valence-electron chi connectivity index (χ4n) is 2.06. The van der Waals surface area contributed by atoms with Gasteiger partial charge in [-0.3, -0.25) is 10.1 Å². The molecule has 0 aliphatic rings. The van der Waals surface area contributed by atoms with Crippen LogP contribution in [0.1, 0.15) is 10.4 Å². The minimum atomic E-state index is -0.300. The molecule has 0 aliphatic carbocycles. The standard InChI is InChI=1S/C16H14N4OS/c17-12-9-5-4-8-11(12)15(21)20-16-19-13(14(18)22-16)10-6-2-1-3-7-10/h1-9H,17-18H2,(H,19,20,21). The highest BCUT2D eigenvalue weighted by Gasteiger charge is 2.14. The average Bonchev–Trinajstić information content (AvgIpc) is 2.89. The Labute approximate surface area is 131 Å². The van der Waals surface area contributed by atoms with Crippen LogP contribution in [-0.2, 0) is 0 Å². The molecular formula is C16H14N4OS. The number of benzene rings is 2. The number of nitrogens with one attached hydrogen (secondary N) is 1. The van der Waals surface area contributed by atoms with Gasteiger partial charge in [-0.1, -0.05) is 53.8 Å². The monoisotopic (exact) mass is 310 g/mol. The zero-order chi connectivity index (χ0) is 15.5. The third kappa shape index (κ3) is 2.77.